The lowest BCUT2D eigenvalue weighted by Crippen LogP contribution is -2.37. The van der Waals surface area contributed by atoms with Crippen molar-refractivity contribution in [3.05, 3.63) is 54.6 Å². The molecular weight excluding hydrogens is 330 g/mol. The smallest absolute Gasteiger partial charge is 0.319 e. The minimum atomic E-state index is -0.252. The SMILES string of the molecule is CCC(CC)NC(=O)Nc1cccc(OCC(=O)Nc2ccccc2)c1. The summed E-state index contributed by atoms with van der Waals surface area (Å²) < 4.78 is 5.50. The number of amides is 3. The molecule has 0 spiro atoms. The quantitative estimate of drug-likeness (QED) is 0.669. The molecule has 2 aromatic rings. The van der Waals surface area contributed by atoms with Crippen molar-refractivity contribution < 1.29 is 14.3 Å². The highest BCUT2D eigenvalue weighted by Crippen LogP contribution is 2.17. The molecule has 0 bridgehead atoms. The summed E-state index contributed by atoms with van der Waals surface area (Å²) >= 11 is 0. The summed E-state index contributed by atoms with van der Waals surface area (Å²) in [5, 5.41) is 8.43. The van der Waals surface area contributed by atoms with Gasteiger partial charge in [0.25, 0.3) is 5.91 Å². The first-order valence-corrected chi connectivity index (χ1v) is 8.76. The monoisotopic (exact) mass is 355 g/mol. The molecule has 2 aromatic carbocycles. The van der Waals surface area contributed by atoms with Crippen molar-refractivity contribution in [1.82, 2.24) is 5.32 Å². The van der Waals surface area contributed by atoms with Gasteiger partial charge in [0.05, 0.1) is 0 Å². The second-order valence-corrected chi connectivity index (χ2v) is 5.84. The maximum atomic E-state index is 12.0. The van der Waals surface area contributed by atoms with Crippen LogP contribution >= 0.6 is 0 Å². The number of carbonyl (C=O) groups excluding carboxylic acids is 2. The number of rotatable bonds is 8. The standard InChI is InChI=1S/C20H25N3O3/c1-3-15(4-2)22-20(25)23-17-11-8-12-18(13-17)26-14-19(24)21-16-9-6-5-7-10-16/h5-13,15H,3-4,14H2,1-2H3,(H,21,24)(H2,22,23,25). The minimum absolute atomic E-state index is 0.113. The molecule has 0 aliphatic rings. The summed E-state index contributed by atoms with van der Waals surface area (Å²) in [4.78, 5) is 23.9. The van der Waals surface area contributed by atoms with Gasteiger partial charge in [-0.2, -0.15) is 0 Å². The molecule has 0 radical (unpaired) electrons. The molecule has 3 amide bonds. The van der Waals surface area contributed by atoms with Gasteiger partial charge >= 0.3 is 6.03 Å². The van der Waals surface area contributed by atoms with Crippen LogP contribution in [0, 0.1) is 0 Å². The second kappa shape index (κ2) is 10.1. The van der Waals surface area contributed by atoms with E-state index < -0.39 is 0 Å². The second-order valence-electron chi connectivity index (χ2n) is 5.84. The van der Waals surface area contributed by atoms with Gasteiger partial charge < -0.3 is 20.7 Å². The van der Waals surface area contributed by atoms with Crippen LogP contribution in [0.15, 0.2) is 54.6 Å². The fourth-order valence-corrected chi connectivity index (χ4v) is 2.38. The van der Waals surface area contributed by atoms with Gasteiger partial charge in [0.1, 0.15) is 5.75 Å². The van der Waals surface area contributed by atoms with Crippen molar-refractivity contribution in [2.75, 3.05) is 17.2 Å². The zero-order valence-corrected chi connectivity index (χ0v) is 15.1. The van der Waals surface area contributed by atoms with Crippen molar-refractivity contribution >= 4 is 23.3 Å². The van der Waals surface area contributed by atoms with Crippen LogP contribution in [-0.2, 0) is 4.79 Å². The van der Waals surface area contributed by atoms with Crippen LogP contribution in [0.25, 0.3) is 0 Å². The number of hydrogen-bond donors (Lipinski definition) is 3. The highest BCUT2D eigenvalue weighted by atomic mass is 16.5. The van der Waals surface area contributed by atoms with Crippen molar-refractivity contribution in [2.24, 2.45) is 0 Å². The molecule has 0 aliphatic heterocycles. The first-order valence-electron chi connectivity index (χ1n) is 8.76. The van der Waals surface area contributed by atoms with Gasteiger partial charge in [-0.3, -0.25) is 4.79 Å². The predicted molar refractivity (Wildman–Crippen MR) is 104 cm³/mol. The first-order chi connectivity index (χ1) is 12.6. The lowest BCUT2D eigenvalue weighted by atomic mass is 10.2. The Morgan fingerprint density at radius 3 is 2.31 bits per heavy atom. The Bertz CT molecular complexity index is 715. The van der Waals surface area contributed by atoms with E-state index in [2.05, 4.69) is 16.0 Å². The number of hydrogen-bond acceptors (Lipinski definition) is 3. The summed E-state index contributed by atoms with van der Waals surface area (Å²) in [7, 11) is 0. The molecule has 0 fully saturated rings. The normalized spacial score (nSPS) is 10.3. The Labute approximate surface area is 153 Å². The van der Waals surface area contributed by atoms with E-state index in [1.165, 1.54) is 0 Å². The van der Waals surface area contributed by atoms with Crippen molar-refractivity contribution in [3.8, 4) is 5.75 Å². The molecular formula is C20H25N3O3. The van der Waals surface area contributed by atoms with E-state index >= 15 is 0 Å². The number of benzene rings is 2. The van der Waals surface area contributed by atoms with Crippen LogP contribution in [0.2, 0.25) is 0 Å². The maximum Gasteiger partial charge on any atom is 0.319 e. The Kier molecular flexibility index (Phi) is 7.49. The van der Waals surface area contributed by atoms with E-state index in [9.17, 15) is 9.59 Å². The largest absolute Gasteiger partial charge is 0.484 e. The lowest BCUT2D eigenvalue weighted by molar-refractivity contribution is -0.118. The summed E-state index contributed by atoms with van der Waals surface area (Å²) in [5.41, 5.74) is 1.32. The van der Waals surface area contributed by atoms with Crippen LogP contribution in [0.1, 0.15) is 26.7 Å². The van der Waals surface area contributed by atoms with E-state index in [4.69, 9.17) is 4.74 Å². The number of carbonyl (C=O) groups is 2. The molecule has 0 aliphatic carbocycles. The van der Waals surface area contributed by atoms with Gasteiger partial charge in [-0.15, -0.1) is 0 Å². The number of anilines is 2. The van der Waals surface area contributed by atoms with Gasteiger partial charge in [-0.25, -0.2) is 4.79 Å². The average molecular weight is 355 g/mol. The topological polar surface area (TPSA) is 79.5 Å². The average Bonchev–Trinajstić information content (AvgIpc) is 2.65. The molecule has 6 nitrogen and oxygen atoms in total. The summed E-state index contributed by atoms with van der Waals surface area (Å²) in [6.45, 7) is 3.95. The molecule has 0 heterocycles. The van der Waals surface area contributed by atoms with Gasteiger partial charge in [-0.1, -0.05) is 38.1 Å². The first kappa shape index (κ1) is 19.3. The Morgan fingerprint density at radius 1 is 0.923 bits per heavy atom. The highest BCUT2D eigenvalue weighted by Gasteiger charge is 2.09. The van der Waals surface area contributed by atoms with E-state index in [1.807, 2.05) is 32.0 Å². The molecule has 0 unspecified atom stereocenters. The van der Waals surface area contributed by atoms with Crippen molar-refractivity contribution in [2.45, 2.75) is 32.7 Å². The van der Waals surface area contributed by atoms with E-state index in [0.29, 0.717) is 11.4 Å². The van der Waals surface area contributed by atoms with Crippen LogP contribution in [0.3, 0.4) is 0 Å². The molecule has 0 aromatic heterocycles. The fraction of sp³-hybridized carbons (Fsp3) is 0.300. The van der Waals surface area contributed by atoms with E-state index in [0.717, 1.165) is 18.5 Å². The molecule has 6 heteroatoms. The number of nitrogens with one attached hydrogen (secondary N) is 3. The number of ether oxygens (including phenoxy) is 1. The summed E-state index contributed by atoms with van der Waals surface area (Å²) in [5.74, 6) is 0.259. The van der Waals surface area contributed by atoms with Crippen LogP contribution < -0.4 is 20.7 Å². The third-order valence-electron chi connectivity index (χ3n) is 3.84. The van der Waals surface area contributed by atoms with Crippen molar-refractivity contribution in [1.29, 1.82) is 0 Å². The minimum Gasteiger partial charge on any atom is -0.484 e. The van der Waals surface area contributed by atoms with E-state index in [1.54, 1.807) is 36.4 Å². The molecule has 0 atom stereocenters. The molecule has 0 saturated heterocycles. The summed E-state index contributed by atoms with van der Waals surface area (Å²) in [6.07, 6.45) is 1.76. The molecule has 138 valence electrons. The zero-order valence-electron chi connectivity index (χ0n) is 15.1. The van der Waals surface area contributed by atoms with Crippen LogP contribution in [0.4, 0.5) is 16.2 Å². The Balaban J connectivity index is 1.84. The third-order valence-corrected chi connectivity index (χ3v) is 3.84. The maximum absolute atomic E-state index is 12.0. The fourth-order valence-electron chi connectivity index (χ4n) is 2.38. The lowest BCUT2D eigenvalue weighted by Gasteiger charge is -2.15. The number of urea groups is 1. The van der Waals surface area contributed by atoms with Gasteiger partial charge in [0, 0.05) is 23.5 Å². The summed E-state index contributed by atoms with van der Waals surface area (Å²) in [6, 6.07) is 16.0. The van der Waals surface area contributed by atoms with Crippen molar-refractivity contribution in [3.63, 3.8) is 0 Å². The van der Waals surface area contributed by atoms with Gasteiger partial charge in [0.2, 0.25) is 0 Å². The van der Waals surface area contributed by atoms with Gasteiger partial charge in [-0.05, 0) is 37.1 Å². The van der Waals surface area contributed by atoms with Crippen LogP contribution in [0.5, 0.6) is 5.75 Å². The zero-order chi connectivity index (χ0) is 18.8. The highest BCUT2D eigenvalue weighted by molar-refractivity contribution is 5.92. The third kappa shape index (κ3) is 6.47. The number of para-hydroxylation sites is 1. The van der Waals surface area contributed by atoms with Gasteiger partial charge in [0.15, 0.2) is 6.61 Å². The Hall–Kier alpha value is -3.02. The molecule has 3 N–H and O–H groups in total. The predicted octanol–water partition coefficient (Wildman–Crippen LogP) is 4.01. The molecule has 0 saturated carbocycles. The Morgan fingerprint density at radius 2 is 1.62 bits per heavy atom. The van der Waals surface area contributed by atoms with E-state index in [-0.39, 0.29) is 24.6 Å². The molecule has 26 heavy (non-hydrogen) atoms. The van der Waals surface area contributed by atoms with Crippen LogP contribution in [-0.4, -0.2) is 24.6 Å². The molecule has 2 rings (SSSR count).